The quantitative estimate of drug-likeness (QED) is 0.768. The van der Waals surface area contributed by atoms with Gasteiger partial charge in [0.25, 0.3) is 5.91 Å². The fourth-order valence-electron chi connectivity index (χ4n) is 3.98. The predicted molar refractivity (Wildman–Crippen MR) is 118 cm³/mol. The molecule has 2 aliphatic rings. The second-order valence-electron chi connectivity index (χ2n) is 8.18. The van der Waals surface area contributed by atoms with Crippen LogP contribution in [0.2, 0.25) is 0 Å². The highest BCUT2D eigenvalue weighted by Crippen LogP contribution is 2.31. The molecule has 2 aliphatic heterocycles. The fourth-order valence-corrected chi connectivity index (χ4v) is 3.98. The summed E-state index contributed by atoms with van der Waals surface area (Å²) in [7, 11) is 1.75. The molecule has 8 nitrogen and oxygen atoms in total. The highest BCUT2D eigenvalue weighted by Gasteiger charge is 2.29. The van der Waals surface area contributed by atoms with Gasteiger partial charge in [-0.25, -0.2) is 4.98 Å². The van der Waals surface area contributed by atoms with Crippen LogP contribution in [-0.4, -0.2) is 60.0 Å². The van der Waals surface area contributed by atoms with E-state index < -0.39 is 0 Å². The molecule has 1 fully saturated rings. The maximum Gasteiger partial charge on any atom is 0.255 e. The van der Waals surface area contributed by atoms with Gasteiger partial charge < -0.3 is 19.9 Å². The molecule has 0 aromatic carbocycles. The second-order valence-corrected chi connectivity index (χ2v) is 8.18. The van der Waals surface area contributed by atoms with Crippen LogP contribution >= 0.6 is 0 Å². The molecule has 2 amide bonds. The molecule has 0 unspecified atom stereocenters. The largest absolute Gasteiger partial charge is 0.381 e. The van der Waals surface area contributed by atoms with Gasteiger partial charge in [-0.05, 0) is 42.9 Å². The third-order valence-corrected chi connectivity index (χ3v) is 5.94. The minimum atomic E-state index is -0.152. The van der Waals surface area contributed by atoms with Crippen LogP contribution in [0.4, 0.5) is 11.5 Å². The van der Waals surface area contributed by atoms with Crippen LogP contribution < -0.4 is 10.2 Å². The van der Waals surface area contributed by atoms with E-state index in [0.29, 0.717) is 36.1 Å². The van der Waals surface area contributed by atoms with Gasteiger partial charge >= 0.3 is 0 Å². The number of hydrogen-bond acceptors (Lipinski definition) is 6. The summed E-state index contributed by atoms with van der Waals surface area (Å²) >= 11 is 0. The molecule has 2 aromatic heterocycles. The monoisotopic (exact) mass is 423 g/mol. The Hall–Kier alpha value is -3.00. The summed E-state index contributed by atoms with van der Waals surface area (Å²) in [6.45, 7) is 4.79. The maximum atomic E-state index is 13.1. The molecule has 164 valence electrons. The molecule has 0 atom stereocenters. The lowest BCUT2D eigenvalue weighted by Crippen LogP contribution is -2.44. The van der Waals surface area contributed by atoms with Crippen molar-refractivity contribution in [3.05, 3.63) is 47.4 Å². The van der Waals surface area contributed by atoms with Crippen molar-refractivity contribution in [1.29, 1.82) is 0 Å². The van der Waals surface area contributed by atoms with Gasteiger partial charge in [0.1, 0.15) is 5.82 Å². The first-order valence-electron chi connectivity index (χ1n) is 10.9. The summed E-state index contributed by atoms with van der Waals surface area (Å²) in [5.41, 5.74) is 3.13. The summed E-state index contributed by atoms with van der Waals surface area (Å²) in [6.07, 6.45) is 6.22. The van der Waals surface area contributed by atoms with Crippen molar-refractivity contribution in [2.24, 2.45) is 5.92 Å². The molecule has 8 heteroatoms. The first-order valence-corrected chi connectivity index (χ1v) is 10.9. The number of hydrogen-bond donors (Lipinski definition) is 1. The van der Waals surface area contributed by atoms with Gasteiger partial charge in [0.2, 0.25) is 5.91 Å². The number of aromatic nitrogens is 2. The molecule has 31 heavy (non-hydrogen) atoms. The number of pyridine rings is 2. The van der Waals surface area contributed by atoms with Crippen molar-refractivity contribution in [3.63, 3.8) is 0 Å². The Morgan fingerprint density at radius 3 is 2.77 bits per heavy atom. The van der Waals surface area contributed by atoms with E-state index >= 15 is 0 Å². The van der Waals surface area contributed by atoms with Gasteiger partial charge in [-0.3, -0.25) is 14.6 Å². The van der Waals surface area contributed by atoms with E-state index in [2.05, 4.69) is 22.2 Å². The van der Waals surface area contributed by atoms with Gasteiger partial charge in [-0.2, -0.15) is 0 Å². The topological polar surface area (TPSA) is 87.7 Å². The van der Waals surface area contributed by atoms with Crippen molar-refractivity contribution in [3.8, 4) is 0 Å². The van der Waals surface area contributed by atoms with Gasteiger partial charge in [0, 0.05) is 39.2 Å². The minimum Gasteiger partial charge on any atom is -0.381 e. The molecule has 0 spiro atoms. The lowest BCUT2D eigenvalue weighted by Gasteiger charge is -2.34. The summed E-state index contributed by atoms with van der Waals surface area (Å²) in [5.74, 6) is 0.880. The number of anilines is 2. The number of nitrogens with one attached hydrogen (secondary N) is 1. The third-order valence-electron chi connectivity index (χ3n) is 5.94. The lowest BCUT2D eigenvalue weighted by molar-refractivity contribution is -0.117. The Labute approximate surface area is 182 Å². The molecule has 0 aliphatic carbocycles. The van der Waals surface area contributed by atoms with Crippen molar-refractivity contribution >= 4 is 23.3 Å². The lowest BCUT2D eigenvalue weighted by atomic mass is 9.99. The molecular formula is C23H29N5O3. The van der Waals surface area contributed by atoms with E-state index in [1.54, 1.807) is 29.1 Å². The van der Waals surface area contributed by atoms with Crippen LogP contribution in [0.3, 0.4) is 0 Å². The van der Waals surface area contributed by atoms with Gasteiger partial charge in [0.15, 0.2) is 0 Å². The van der Waals surface area contributed by atoms with Crippen molar-refractivity contribution < 1.29 is 14.3 Å². The Bertz CT molecular complexity index is 941. The van der Waals surface area contributed by atoms with E-state index in [1.165, 1.54) is 5.56 Å². The van der Waals surface area contributed by atoms with Crippen LogP contribution in [0, 0.1) is 5.92 Å². The number of amides is 2. The summed E-state index contributed by atoms with van der Waals surface area (Å²) in [5, 5.41) is 3.06. The minimum absolute atomic E-state index is 0.000964. The van der Waals surface area contributed by atoms with E-state index in [9.17, 15) is 9.59 Å². The average Bonchev–Trinajstić information content (AvgIpc) is 2.81. The number of rotatable bonds is 6. The highest BCUT2D eigenvalue weighted by molar-refractivity contribution is 6.04. The predicted octanol–water partition coefficient (Wildman–Crippen LogP) is 2.50. The smallest absolute Gasteiger partial charge is 0.255 e. The molecule has 1 N–H and O–H groups in total. The molecular weight excluding hydrogens is 394 g/mol. The number of ether oxygens (including phenoxy) is 1. The number of aryl methyl sites for hydroxylation is 1. The normalized spacial score (nSPS) is 16.6. The molecule has 4 heterocycles. The fraction of sp³-hybridized carbons (Fsp3) is 0.478. The molecule has 0 radical (unpaired) electrons. The van der Waals surface area contributed by atoms with Crippen molar-refractivity contribution in [2.45, 2.75) is 32.7 Å². The summed E-state index contributed by atoms with van der Waals surface area (Å²) in [4.78, 5) is 38.0. The van der Waals surface area contributed by atoms with Crippen LogP contribution in [-0.2, 0) is 22.5 Å². The average molecular weight is 424 g/mol. The summed E-state index contributed by atoms with van der Waals surface area (Å²) < 4.78 is 5.44. The Balaban J connectivity index is 1.51. The van der Waals surface area contributed by atoms with Gasteiger partial charge in [-0.1, -0.05) is 13.0 Å². The molecule has 1 saturated heterocycles. The molecule has 2 aromatic rings. The zero-order chi connectivity index (χ0) is 21.8. The molecule has 0 bridgehead atoms. The molecule has 4 rings (SSSR count). The SMILES string of the molecule is CCc1ccc(CN(C)C(=O)c2cnc3c(c2)N(CC2CCOCC2)C(=O)CN3)nc1. The number of carbonyl (C=O) groups excluding carboxylic acids is 2. The number of carbonyl (C=O) groups is 2. The number of nitrogens with zero attached hydrogens (tertiary/aromatic N) is 4. The van der Waals surface area contributed by atoms with E-state index in [1.807, 2.05) is 18.3 Å². The Morgan fingerprint density at radius 2 is 2.06 bits per heavy atom. The molecule has 0 saturated carbocycles. The van der Waals surface area contributed by atoms with Crippen LogP contribution in [0.1, 0.15) is 41.4 Å². The van der Waals surface area contributed by atoms with Crippen LogP contribution in [0.15, 0.2) is 30.6 Å². The summed E-state index contributed by atoms with van der Waals surface area (Å²) in [6, 6.07) is 5.76. The van der Waals surface area contributed by atoms with E-state index in [-0.39, 0.29) is 18.4 Å². The highest BCUT2D eigenvalue weighted by atomic mass is 16.5. The van der Waals surface area contributed by atoms with Crippen LogP contribution in [0.25, 0.3) is 0 Å². The third kappa shape index (κ3) is 4.85. The Morgan fingerprint density at radius 1 is 1.26 bits per heavy atom. The van der Waals surface area contributed by atoms with Gasteiger partial charge in [0.05, 0.1) is 30.0 Å². The van der Waals surface area contributed by atoms with Crippen molar-refractivity contribution in [1.82, 2.24) is 14.9 Å². The van der Waals surface area contributed by atoms with Gasteiger partial charge in [-0.15, -0.1) is 0 Å². The van der Waals surface area contributed by atoms with Crippen molar-refractivity contribution in [2.75, 3.05) is 43.6 Å². The first-order chi connectivity index (χ1) is 15.0. The zero-order valence-electron chi connectivity index (χ0n) is 18.1. The number of fused-ring (bicyclic) bond motifs is 1. The Kier molecular flexibility index (Phi) is 6.46. The van der Waals surface area contributed by atoms with E-state index in [0.717, 1.165) is 38.2 Å². The van der Waals surface area contributed by atoms with E-state index in [4.69, 9.17) is 4.74 Å². The zero-order valence-corrected chi connectivity index (χ0v) is 18.1. The van der Waals surface area contributed by atoms with Crippen LogP contribution in [0.5, 0.6) is 0 Å². The second kappa shape index (κ2) is 9.43. The first kappa shape index (κ1) is 21.2. The standard InChI is InChI=1S/C23H29N5O3/c1-3-16-4-5-19(24-11-16)15-27(2)23(30)18-10-20-22(25-12-18)26-13-21(29)28(20)14-17-6-8-31-9-7-17/h4-5,10-12,17H,3,6-9,13-15H2,1-2H3,(H,25,26). The maximum absolute atomic E-state index is 13.1.